The minimum Gasteiger partial charge on any atom is -0.478 e. The predicted molar refractivity (Wildman–Crippen MR) is 97.9 cm³/mol. The molecule has 0 fully saturated rings. The molecule has 26 heavy (non-hydrogen) atoms. The maximum absolute atomic E-state index is 13.6. The van der Waals surface area contributed by atoms with E-state index in [9.17, 15) is 14.0 Å². The van der Waals surface area contributed by atoms with Crippen molar-refractivity contribution < 1.29 is 24.2 Å². The van der Waals surface area contributed by atoms with E-state index >= 15 is 0 Å². The van der Waals surface area contributed by atoms with E-state index in [4.69, 9.17) is 15.9 Å². The van der Waals surface area contributed by atoms with Gasteiger partial charge in [-0.25, -0.2) is 14.0 Å². The molecule has 2 rings (SSSR count). The lowest BCUT2D eigenvalue weighted by atomic mass is 9.99. The van der Waals surface area contributed by atoms with E-state index < -0.39 is 11.9 Å². The molecule has 0 saturated carbocycles. The predicted octanol–water partition coefficient (Wildman–Crippen LogP) is 3.61. The number of carboxylic acids is 2. The third-order valence-corrected chi connectivity index (χ3v) is 3.34. The third kappa shape index (κ3) is 6.33. The number of halogens is 1. The van der Waals surface area contributed by atoms with Crippen LogP contribution in [-0.4, -0.2) is 22.2 Å². The van der Waals surface area contributed by atoms with Crippen LogP contribution in [0.3, 0.4) is 0 Å². The van der Waals surface area contributed by atoms with E-state index in [0.29, 0.717) is 18.2 Å². The average Bonchev–Trinajstić information content (AvgIpc) is 2.62. The summed E-state index contributed by atoms with van der Waals surface area (Å²) in [6.07, 6.45) is 2.05. The molecule has 2 aromatic carbocycles. The second-order valence-corrected chi connectivity index (χ2v) is 5.15. The highest BCUT2D eigenvalue weighted by atomic mass is 19.1. The lowest BCUT2D eigenvalue weighted by molar-refractivity contribution is -0.135. The molecule has 0 spiro atoms. The van der Waals surface area contributed by atoms with Crippen LogP contribution in [0.25, 0.3) is 11.1 Å². The second kappa shape index (κ2) is 10.6. The zero-order valence-electron chi connectivity index (χ0n) is 14.1. The van der Waals surface area contributed by atoms with E-state index in [-0.39, 0.29) is 17.8 Å². The minimum atomic E-state index is -1.26. The van der Waals surface area contributed by atoms with Crippen LogP contribution in [0, 0.1) is 5.82 Å². The molecule has 0 heterocycles. The SMILES string of the molecule is C=CC/C(=C\C(=O)O)C(=O)O.NCc1ccccc1-c1ccccc1F. The Morgan fingerprint density at radius 1 is 1.04 bits per heavy atom. The molecule has 136 valence electrons. The van der Waals surface area contributed by atoms with Crippen molar-refractivity contribution in [2.45, 2.75) is 13.0 Å². The van der Waals surface area contributed by atoms with Gasteiger partial charge in [-0.2, -0.15) is 0 Å². The van der Waals surface area contributed by atoms with Crippen molar-refractivity contribution in [3.63, 3.8) is 0 Å². The highest BCUT2D eigenvalue weighted by molar-refractivity contribution is 5.94. The van der Waals surface area contributed by atoms with Gasteiger partial charge in [-0.1, -0.05) is 48.5 Å². The van der Waals surface area contributed by atoms with Crippen molar-refractivity contribution in [2.75, 3.05) is 0 Å². The summed E-state index contributed by atoms with van der Waals surface area (Å²) in [5.41, 5.74) is 7.89. The Hall–Kier alpha value is -3.25. The van der Waals surface area contributed by atoms with Crippen molar-refractivity contribution in [2.24, 2.45) is 5.73 Å². The number of allylic oxidation sites excluding steroid dienone is 1. The number of hydrogen-bond acceptors (Lipinski definition) is 3. The second-order valence-electron chi connectivity index (χ2n) is 5.15. The molecule has 0 radical (unpaired) electrons. The fourth-order valence-electron chi connectivity index (χ4n) is 2.15. The Bertz CT molecular complexity index is 815. The maximum Gasteiger partial charge on any atom is 0.332 e. The Balaban J connectivity index is 0.000000276. The summed E-state index contributed by atoms with van der Waals surface area (Å²) >= 11 is 0. The van der Waals surface area contributed by atoms with Crippen LogP contribution in [0.4, 0.5) is 4.39 Å². The van der Waals surface area contributed by atoms with E-state index in [1.54, 1.807) is 12.1 Å². The van der Waals surface area contributed by atoms with Gasteiger partial charge in [-0.05, 0) is 23.6 Å². The molecule has 0 aliphatic rings. The van der Waals surface area contributed by atoms with Gasteiger partial charge < -0.3 is 15.9 Å². The molecule has 0 unspecified atom stereocenters. The zero-order chi connectivity index (χ0) is 19.5. The van der Waals surface area contributed by atoms with E-state index in [2.05, 4.69) is 6.58 Å². The topological polar surface area (TPSA) is 101 Å². The lowest BCUT2D eigenvalue weighted by Crippen LogP contribution is -2.02. The summed E-state index contributed by atoms with van der Waals surface area (Å²) in [5, 5.41) is 16.6. The summed E-state index contributed by atoms with van der Waals surface area (Å²) < 4.78 is 13.6. The third-order valence-electron chi connectivity index (χ3n) is 3.34. The minimum absolute atomic E-state index is 0.0572. The standard InChI is InChI=1S/C13H12FN.C7H8O4/c14-13-8-4-3-7-12(13)11-6-2-1-5-10(11)9-15;1-2-3-5(7(10)11)4-6(8)9/h1-8H,9,15H2;2,4H,1,3H2,(H,8,9)(H,10,11)/b;5-4+. The lowest BCUT2D eigenvalue weighted by Gasteiger charge is -2.08. The molecular formula is C20H20FNO4. The summed E-state index contributed by atoms with van der Waals surface area (Å²) in [6, 6.07) is 14.3. The van der Waals surface area contributed by atoms with E-state index in [1.807, 2.05) is 30.3 Å². The zero-order valence-corrected chi connectivity index (χ0v) is 14.1. The van der Waals surface area contributed by atoms with Crippen LogP contribution < -0.4 is 5.73 Å². The van der Waals surface area contributed by atoms with Crippen molar-refractivity contribution in [3.05, 3.63) is 84.2 Å². The number of benzene rings is 2. The van der Waals surface area contributed by atoms with Gasteiger partial charge in [0.15, 0.2) is 0 Å². The first-order valence-corrected chi connectivity index (χ1v) is 7.71. The van der Waals surface area contributed by atoms with E-state index in [0.717, 1.165) is 11.1 Å². The van der Waals surface area contributed by atoms with Crippen molar-refractivity contribution in [3.8, 4) is 11.1 Å². The molecule has 0 aliphatic carbocycles. The van der Waals surface area contributed by atoms with Gasteiger partial charge in [-0.3, -0.25) is 0 Å². The largest absolute Gasteiger partial charge is 0.478 e. The van der Waals surface area contributed by atoms with Crippen molar-refractivity contribution >= 4 is 11.9 Å². The summed E-state index contributed by atoms with van der Waals surface area (Å²) in [6.45, 7) is 3.71. The number of nitrogens with two attached hydrogens (primary N) is 1. The molecule has 0 aliphatic heterocycles. The summed E-state index contributed by atoms with van der Waals surface area (Å²) in [4.78, 5) is 20.3. The highest BCUT2D eigenvalue weighted by Crippen LogP contribution is 2.25. The van der Waals surface area contributed by atoms with Gasteiger partial charge >= 0.3 is 11.9 Å². The van der Waals surface area contributed by atoms with Crippen LogP contribution >= 0.6 is 0 Å². The van der Waals surface area contributed by atoms with Gasteiger partial charge in [-0.15, -0.1) is 6.58 Å². The van der Waals surface area contributed by atoms with Gasteiger partial charge in [0.1, 0.15) is 5.82 Å². The number of hydrogen-bond donors (Lipinski definition) is 3. The smallest absolute Gasteiger partial charge is 0.332 e. The van der Waals surface area contributed by atoms with Gasteiger partial charge in [0.2, 0.25) is 0 Å². The van der Waals surface area contributed by atoms with Crippen LogP contribution in [0.5, 0.6) is 0 Å². The van der Waals surface area contributed by atoms with Crippen molar-refractivity contribution in [1.82, 2.24) is 0 Å². The molecule has 0 aromatic heterocycles. The average molecular weight is 357 g/mol. The van der Waals surface area contributed by atoms with E-state index in [1.165, 1.54) is 12.1 Å². The monoisotopic (exact) mass is 357 g/mol. The van der Waals surface area contributed by atoms with Gasteiger partial charge in [0.05, 0.1) is 0 Å². The Kier molecular flexibility index (Phi) is 8.46. The molecule has 0 atom stereocenters. The molecule has 6 heteroatoms. The fraction of sp³-hybridized carbons (Fsp3) is 0.100. The summed E-state index contributed by atoms with van der Waals surface area (Å²) in [5.74, 6) is -2.70. The van der Waals surface area contributed by atoms with Crippen LogP contribution in [0.15, 0.2) is 72.8 Å². The van der Waals surface area contributed by atoms with Gasteiger partial charge in [0.25, 0.3) is 0 Å². The van der Waals surface area contributed by atoms with Crippen LogP contribution in [-0.2, 0) is 16.1 Å². The maximum atomic E-state index is 13.6. The molecule has 0 saturated heterocycles. The first-order valence-electron chi connectivity index (χ1n) is 7.71. The normalized spacial score (nSPS) is 10.5. The number of rotatable bonds is 6. The molecule has 4 N–H and O–H groups in total. The Morgan fingerprint density at radius 3 is 2.12 bits per heavy atom. The molecular weight excluding hydrogens is 337 g/mol. The number of carboxylic acid groups (broad SMARTS) is 2. The highest BCUT2D eigenvalue weighted by Gasteiger charge is 2.07. The fourth-order valence-corrected chi connectivity index (χ4v) is 2.15. The first kappa shape index (κ1) is 20.8. The Labute approximate surface area is 150 Å². The number of carbonyl (C=O) groups is 2. The molecule has 0 bridgehead atoms. The van der Waals surface area contributed by atoms with Crippen molar-refractivity contribution in [1.29, 1.82) is 0 Å². The summed E-state index contributed by atoms with van der Waals surface area (Å²) in [7, 11) is 0. The van der Waals surface area contributed by atoms with Crippen LogP contribution in [0.2, 0.25) is 0 Å². The molecule has 0 amide bonds. The Morgan fingerprint density at radius 2 is 1.62 bits per heavy atom. The number of aliphatic carboxylic acids is 2. The van der Waals surface area contributed by atoms with Gasteiger partial charge in [0, 0.05) is 23.8 Å². The molecule has 2 aromatic rings. The van der Waals surface area contributed by atoms with Crippen LogP contribution in [0.1, 0.15) is 12.0 Å². The molecule has 5 nitrogen and oxygen atoms in total. The quantitative estimate of drug-likeness (QED) is 0.542. The first-order chi connectivity index (χ1) is 12.4.